The van der Waals surface area contributed by atoms with Crippen molar-refractivity contribution in [2.45, 2.75) is 31.7 Å². The molecular formula is C12H15BrF2N2. The van der Waals surface area contributed by atoms with Crippen LogP contribution in [-0.4, -0.2) is 0 Å². The normalized spacial score (nSPS) is 17.9. The second-order valence-electron chi connectivity index (χ2n) is 4.53. The first-order chi connectivity index (χ1) is 8.11. The Bertz CT molecular complexity index is 384. The SMILES string of the molecule is NNC(CC1CCC1)c1c(F)cc(Br)cc1F. The van der Waals surface area contributed by atoms with Gasteiger partial charge in [0.1, 0.15) is 11.6 Å². The van der Waals surface area contributed by atoms with Gasteiger partial charge in [-0.2, -0.15) is 0 Å². The molecule has 0 amide bonds. The highest BCUT2D eigenvalue weighted by atomic mass is 79.9. The Kier molecular flexibility index (Phi) is 4.12. The van der Waals surface area contributed by atoms with E-state index in [2.05, 4.69) is 21.4 Å². The zero-order valence-corrected chi connectivity index (χ0v) is 10.9. The Morgan fingerprint density at radius 1 is 1.35 bits per heavy atom. The predicted octanol–water partition coefficient (Wildman–Crippen LogP) is 3.42. The highest BCUT2D eigenvalue weighted by Crippen LogP contribution is 2.36. The summed E-state index contributed by atoms with van der Waals surface area (Å²) in [5, 5.41) is 0. The fourth-order valence-corrected chi connectivity index (χ4v) is 2.62. The zero-order chi connectivity index (χ0) is 12.4. The monoisotopic (exact) mass is 304 g/mol. The minimum absolute atomic E-state index is 0.0441. The number of nitrogens with two attached hydrogens (primary N) is 1. The number of hydrogen-bond acceptors (Lipinski definition) is 2. The van der Waals surface area contributed by atoms with Crippen LogP contribution >= 0.6 is 15.9 Å². The lowest BCUT2D eigenvalue weighted by Gasteiger charge is -2.29. The van der Waals surface area contributed by atoms with E-state index in [-0.39, 0.29) is 5.56 Å². The summed E-state index contributed by atoms with van der Waals surface area (Å²) in [4.78, 5) is 0. The van der Waals surface area contributed by atoms with E-state index in [9.17, 15) is 8.78 Å². The first-order valence-corrected chi connectivity index (χ1v) is 6.51. The maximum atomic E-state index is 13.8. The zero-order valence-electron chi connectivity index (χ0n) is 9.35. The van der Waals surface area contributed by atoms with E-state index in [0.717, 1.165) is 12.8 Å². The fourth-order valence-electron chi connectivity index (χ4n) is 2.22. The van der Waals surface area contributed by atoms with Crippen molar-refractivity contribution in [3.8, 4) is 0 Å². The molecule has 3 N–H and O–H groups in total. The van der Waals surface area contributed by atoms with Crippen LogP contribution in [0.3, 0.4) is 0 Å². The lowest BCUT2D eigenvalue weighted by atomic mass is 9.79. The van der Waals surface area contributed by atoms with Crippen LogP contribution in [0, 0.1) is 17.6 Å². The molecule has 1 fully saturated rings. The molecule has 5 heteroatoms. The Morgan fingerprint density at radius 2 is 1.94 bits per heavy atom. The first kappa shape index (κ1) is 12.9. The summed E-state index contributed by atoms with van der Waals surface area (Å²) in [6.07, 6.45) is 4.13. The maximum absolute atomic E-state index is 13.8. The number of hydrogen-bond donors (Lipinski definition) is 2. The predicted molar refractivity (Wildman–Crippen MR) is 66.1 cm³/mol. The topological polar surface area (TPSA) is 38.0 Å². The molecule has 2 rings (SSSR count). The van der Waals surface area contributed by atoms with Gasteiger partial charge in [-0.15, -0.1) is 0 Å². The number of benzene rings is 1. The summed E-state index contributed by atoms with van der Waals surface area (Å²) < 4.78 is 27.9. The van der Waals surface area contributed by atoms with E-state index < -0.39 is 17.7 Å². The summed E-state index contributed by atoms with van der Waals surface area (Å²) in [7, 11) is 0. The van der Waals surface area contributed by atoms with Crippen molar-refractivity contribution >= 4 is 15.9 Å². The summed E-state index contributed by atoms with van der Waals surface area (Å²) in [5.74, 6) is 4.83. The second-order valence-corrected chi connectivity index (χ2v) is 5.45. The van der Waals surface area contributed by atoms with Gasteiger partial charge < -0.3 is 0 Å². The molecule has 0 bridgehead atoms. The molecule has 0 aliphatic heterocycles. The molecule has 1 aliphatic carbocycles. The van der Waals surface area contributed by atoms with Crippen LogP contribution in [0.4, 0.5) is 8.78 Å². The van der Waals surface area contributed by atoms with Crippen molar-refractivity contribution in [3.05, 3.63) is 33.8 Å². The van der Waals surface area contributed by atoms with Gasteiger partial charge in [-0.1, -0.05) is 35.2 Å². The quantitative estimate of drug-likeness (QED) is 0.661. The minimum atomic E-state index is -0.556. The van der Waals surface area contributed by atoms with Gasteiger partial charge in [0.2, 0.25) is 0 Å². The lowest BCUT2D eigenvalue weighted by molar-refractivity contribution is 0.257. The molecular weight excluding hydrogens is 290 g/mol. The molecule has 1 aromatic carbocycles. The second kappa shape index (κ2) is 5.42. The van der Waals surface area contributed by atoms with Gasteiger partial charge in [0, 0.05) is 10.0 Å². The molecule has 0 aromatic heterocycles. The fraction of sp³-hybridized carbons (Fsp3) is 0.500. The van der Waals surface area contributed by atoms with Crippen molar-refractivity contribution in [1.29, 1.82) is 0 Å². The van der Waals surface area contributed by atoms with Crippen LogP contribution in [0.2, 0.25) is 0 Å². The molecule has 1 unspecified atom stereocenters. The molecule has 0 heterocycles. The van der Waals surface area contributed by atoms with Gasteiger partial charge in [-0.3, -0.25) is 11.3 Å². The molecule has 1 atom stereocenters. The van der Waals surface area contributed by atoms with Crippen LogP contribution in [0.15, 0.2) is 16.6 Å². The summed E-state index contributed by atoms with van der Waals surface area (Å²) in [6, 6.07) is 2.08. The van der Waals surface area contributed by atoms with E-state index in [1.807, 2.05) is 0 Å². The van der Waals surface area contributed by atoms with E-state index >= 15 is 0 Å². The van der Waals surface area contributed by atoms with E-state index in [0.29, 0.717) is 16.8 Å². The van der Waals surface area contributed by atoms with Gasteiger partial charge >= 0.3 is 0 Å². The third-order valence-electron chi connectivity index (χ3n) is 3.39. The molecule has 0 radical (unpaired) electrons. The minimum Gasteiger partial charge on any atom is -0.271 e. The average molecular weight is 305 g/mol. The molecule has 94 valence electrons. The lowest BCUT2D eigenvalue weighted by Crippen LogP contribution is -2.32. The third kappa shape index (κ3) is 2.84. The largest absolute Gasteiger partial charge is 0.271 e. The maximum Gasteiger partial charge on any atom is 0.132 e. The molecule has 1 aliphatic rings. The Labute approximate surface area is 108 Å². The van der Waals surface area contributed by atoms with Crippen molar-refractivity contribution in [2.24, 2.45) is 11.8 Å². The van der Waals surface area contributed by atoms with Crippen LogP contribution in [0.5, 0.6) is 0 Å². The van der Waals surface area contributed by atoms with Gasteiger partial charge in [-0.25, -0.2) is 8.78 Å². The Hall–Kier alpha value is -0.520. The first-order valence-electron chi connectivity index (χ1n) is 5.72. The number of halogens is 3. The summed E-state index contributed by atoms with van der Waals surface area (Å²) in [5.41, 5.74) is 2.57. The average Bonchev–Trinajstić information content (AvgIpc) is 2.18. The van der Waals surface area contributed by atoms with Crippen molar-refractivity contribution in [2.75, 3.05) is 0 Å². The van der Waals surface area contributed by atoms with Crippen LogP contribution in [0.1, 0.15) is 37.3 Å². The number of hydrazine groups is 1. The van der Waals surface area contributed by atoms with Gasteiger partial charge in [0.25, 0.3) is 0 Å². The van der Waals surface area contributed by atoms with E-state index in [4.69, 9.17) is 5.84 Å². The molecule has 0 saturated heterocycles. The molecule has 1 aromatic rings. The van der Waals surface area contributed by atoms with Crippen LogP contribution in [-0.2, 0) is 0 Å². The standard InChI is InChI=1S/C12H15BrF2N2/c13-8-5-9(14)12(10(15)6-8)11(17-16)4-7-2-1-3-7/h5-7,11,17H,1-4,16H2. The molecule has 2 nitrogen and oxygen atoms in total. The number of rotatable bonds is 4. The summed E-state index contributed by atoms with van der Waals surface area (Å²) >= 11 is 3.06. The van der Waals surface area contributed by atoms with Gasteiger partial charge in [0.15, 0.2) is 0 Å². The highest BCUT2D eigenvalue weighted by Gasteiger charge is 2.26. The van der Waals surface area contributed by atoms with Gasteiger partial charge in [0.05, 0.1) is 6.04 Å². The van der Waals surface area contributed by atoms with Gasteiger partial charge in [-0.05, 0) is 24.5 Å². The highest BCUT2D eigenvalue weighted by molar-refractivity contribution is 9.10. The third-order valence-corrected chi connectivity index (χ3v) is 3.85. The van der Waals surface area contributed by atoms with Crippen molar-refractivity contribution < 1.29 is 8.78 Å². The Balaban J connectivity index is 2.22. The molecule has 0 spiro atoms. The Morgan fingerprint density at radius 3 is 2.35 bits per heavy atom. The van der Waals surface area contributed by atoms with E-state index in [1.165, 1.54) is 18.6 Å². The van der Waals surface area contributed by atoms with Crippen molar-refractivity contribution in [1.82, 2.24) is 5.43 Å². The number of nitrogens with one attached hydrogen (secondary N) is 1. The van der Waals surface area contributed by atoms with Crippen molar-refractivity contribution in [3.63, 3.8) is 0 Å². The molecule has 1 saturated carbocycles. The van der Waals surface area contributed by atoms with E-state index in [1.54, 1.807) is 0 Å². The summed E-state index contributed by atoms with van der Waals surface area (Å²) in [6.45, 7) is 0. The smallest absolute Gasteiger partial charge is 0.132 e. The molecule has 17 heavy (non-hydrogen) atoms. The van der Waals surface area contributed by atoms with Crippen LogP contribution in [0.25, 0.3) is 0 Å². The van der Waals surface area contributed by atoms with Crippen LogP contribution < -0.4 is 11.3 Å².